The van der Waals surface area contributed by atoms with Crippen LogP contribution in [0.2, 0.25) is 0 Å². The number of hydrogen-bond donors (Lipinski definition) is 3. The summed E-state index contributed by atoms with van der Waals surface area (Å²) in [5.74, 6) is -0.396. The Morgan fingerprint density at radius 2 is 2.36 bits per heavy atom. The molecule has 0 rings (SSSR count). The van der Waals surface area contributed by atoms with Gasteiger partial charge in [-0.3, -0.25) is 0 Å². The summed E-state index contributed by atoms with van der Waals surface area (Å²) >= 11 is 0. The van der Waals surface area contributed by atoms with Crippen LogP contribution in [0.3, 0.4) is 0 Å². The van der Waals surface area contributed by atoms with Gasteiger partial charge in [0.05, 0.1) is 19.4 Å². The highest BCUT2D eigenvalue weighted by Gasteiger charge is 1.95. The lowest BCUT2D eigenvalue weighted by Gasteiger charge is -2.02. The van der Waals surface area contributed by atoms with Crippen LogP contribution >= 0.6 is 0 Å². The second kappa shape index (κ2) is 8.12. The third-order valence-electron chi connectivity index (χ3n) is 1.37. The van der Waals surface area contributed by atoms with Crippen LogP contribution in [0.4, 0.5) is 4.39 Å². The van der Waals surface area contributed by atoms with E-state index in [9.17, 15) is 4.39 Å². The van der Waals surface area contributed by atoms with Crippen LogP contribution in [0, 0.1) is 5.41 Å². The summed E-state index contributed by atoms with van der Waals surface area (Å²) < 4.78 is 12.7. The Balaban J connectivity index is 4.09. The van der Waals surface area contributed by atoms with E-state index in [0.717, 1.165) is 6.21 Å². The van der Waals surface area contributed by atoms with Crippen LogP contribution in [0.25, 0.3) is 0 Å². The van der Waals surface area contributed by atoms with E-state index in [4.69, 9.17) is 10.5 Å². The van der Waals surface area contributed by atoms with Crippen molar-refractivity contribution in [2.75, 3.05) is 13.2 Å². The first-order valence-electron chi connectivity index (χ1n) is 4.11. The van der Waals surface area contributed by atoms with Gasteiger partial charge < -0.3 is 15.9 Å². The normalized spacial score (nSPS) is 13.4. The average Bonchev–Trinajstić information content (AvgIpc) is 2.22. The monoisotopic (exact) mass is 199 g/mol. The van der Waals surface area contributed by atoms with E-state index in [-0.39, 0.29) is 13.2 Å². The minimum Gasteiger partial charge on any atom is -0.392 e. The predicted molar refractivity (Wildman–Crippen MR) is 55.3 cm³/mol. The van der Waals surface area contributed by atoms with Crippen molar-refractivity contribution >= 4 is 12.4 Å². The summed E-state index contributed by atoms with van der Waals surface area (Å²) in [4.78, 5) is 0. The number of hydrogen-bond acceptors (Lipinski definition) is 4. The molecule has 0 aromatic heterocycles. The van der Waals surface area contributed by atoms with Crippen molar-refractivity contribution in [3.8, 4) is 0 Å². The van der Waals surface area contributed by atoms with E-state index in [0.29, 0.717) is 5.57 Å². The Morgan fingerprint density at radius 1 is 1.64 bits per heavy atom. The summed E-state index contributed by atoms with van der Waals surface area (Å²) in [6.07, 6.45) is 4.81. The highest BCUT2D eigenvalue weighted by atomic mass is 19.1. The predicted octanol–water partition coefficient (Wildman–Crippen LogP) is 1.00. The Bertz CT molecular complexity index is 259. The van der Waals surface area contributed by atoms with Gasteiger partial charge in [-0.1, -0.05) is 6.08 Å². The molecule has 0 saturated carbocycles. The molecule has 0 fully saturated rings. The number of aliphatic hydroxyl groups excluding tert-OH is 1. The van der Waals surface area contributed by atoms with E-state index < -0.39 is 5.83 Å². The number of aliphatic hydroxyl groups is 1. The minimum absolute atomic E-state index is 0.228. The fourth-order valence-electron chi connectivity index (χ4n) is 0.668. The first-order chi connectivity index (χ1) is 6.74. The molecule has 0 unspecified atom stereocenters. The SMILES string of the molecule is C/C=C(F)\C=C(\CO)CN/N=C\C=N. The molecule has 14 heavy (non-hydrogen) atoms. The summed E-state index contributed by atoms with van der Waals surface area (Å²) in [7, 11) is 0. The highest BCUT2D eigenvalue weighted by Crippen LogP contribution is 2.02. The zero-order valence-corrected chi connectivity index (χ0v) is 8.00. The second-order valence-electron chi connectivity index (χ2n) is 2.41. The summed E-state index contributed by atoms with van der Waals surface area (Å²) in [5.41, 5.74) is 3.05. The van der Waals surface area contributed by atoms with Crippen molar-refractivity contribution in [2.45, 2.75) is 6.92 Å². The quantitative estimate of drug-likeness (QED) is 0.339. The topological polar surface area (TPSA) is 68.5 Å². The molecule has 3 N–H and O–H groups in total. The molecule has 0 bridgehead atoms. The maximum absolute atomic E-state index is 12.7. The molecule has 0 saturated heterocycles. The molecule has 78 valence electrons. The molecule has 0 radical (unpaired) electrons. The summed E-state index contributed by atoms with van der Waals surface area (Å²) in [6.45, 7) is 1.60. The Labute approximate surface area is 82.3 Å². The molecule has 0 heterocycles. The second-order valence-corrected chi connectivity index (χ2v) is 2.41. The molecule has 5 heteroatoms. The van der Waals surface area contributed by atoms with E-state index in [1.54, 1.807) is 6.92 Å². The number of nitrogens with zero attached hydrogens (tertiary/aromatic N) is 1. The molecule has 0 aromatic rings. The molecule has 0 aliphatic heterocycles. The standard InChI is InChI=1S/C9H14FN3O/c1-2-9(10)5-8(7-14)6-13-12-4-3-11/h2-5,11,13-14H,6-7H2,1H3/b8-5+,9-2+,11-3?,12-4-. The highest BCUT2D eigenvalue weighted by molar-refractivity contribution is 6.14. The van der Waals surface area contributed by atoms with Crippen LogP contribution in [-0.4, -0.2) is 30.7 Å². The number of halogens is 1. The van der Waals surface area contributed by atoms with Gasteiger partial charge in [-0.05, 0) is 18.6 Å². The van der Waals surface area contributed by atoms with Crippen LogP contribution in [-0.2, 0) is 0 Å². The van der Waals surface area contributed by atoms with Gasteiger partial charge in [0.15, 0.2) is 0 Å². The van der Waals surface area contributed by atoms with Crippen molar-refractivity contribution in [2.24, 2.45) is 5.10 Å². The van der Waals surface area contributed by atoms with Crippen LogP contribution < -0.4 is 5.43 Å². The summed E-state index contributed by atoms with van der Waals surface area (Å²) in [6, 6.07) is 0. The summed E-state index contributed by atoms with van der Waals surface area (Å²) in [5, 5.41) is 19.1. The maximum Gasteiger partial charge on any atom is 0.119 e. The molecular weight excluding hydrogens is 185 g/mol. The lowest BCUT2D eigenvalue weighted by molar-refractivity contribution is 0.327. The fourth-order valence-corrected chi connectivity index (χ4v) is 0.668. The smallest absolute Gasteiger partial charge is 0.119 e. The third-order valence-corrected chi connectivity index (χ3v) is 1.37. The lowest BCUT2D eigenvalue weighted by atomic mass is 10.2. The number of nitrogens with one attached hydrogen (secondary N) is 2. The molecule has 0 aromatic carbocycles. The van der Waals surface area contributed by atoms with Gasteiger partial charge in [-0.15, -0.1) is 0 Å². The molecule has 0 aliphatic rings. The zero-order valence-electron chi connectivity index (χ0n) is 8.00. The zero-order chi connectivity index (χ0) is 10.8. The number of rotatable bonds is 6. The fraction of sp³-hybridized carbons (Fsp3) is 0.333. The first-order valence-corrected chi connectivity index (χ1v) is 4.11. The molecule has 0 atom stereocenters. The largest absolute Gasteiger partial charge is 0.392 e. The Morgan fingerprint density at radius 3 is 2.86 bits per heavy atom. The number of hydrazone groups is 1. The van der Waals surface area contributed by atoms with E-state index >= 15 is 0 Å². The van der Waals surface area contributed by atoms with Crippen LogP contribution in [0.1, 0.15) is 6.92 Å². The van der Waals surface area contributed by atoms with E-state index in [1.165, 1.54) is 18.4 Å². The maximum atomic E-state index is 12.7. The first kappa shape index (κ1) is 12.5. The van der Waals surface area contributed by atoms with Gasteiger partial charge in [0, 0.05) is 6.21 Å². The third kappa shape index (κ3) is 6.07. The Kier molecular flexibility index (Phi) is 7.26. The minimum atomic E-state index is -0.396. The van der Waals surface area contributed by atoms with Gasteiger partial charge in [0.1, 0.15) is 5.83 Å². The van der Waals surface area contributed by atoms with Crippen molar-refractivity contribution in [1.82, 2.24) is 5.43 Å². The average molecular weight is 199 g/mol. The van der Waals surface area contributed by atoms with Gasteiger partial charge in [0.2, 0.25) is 0 Å². The van der Waals surface area contributed by atoms with E-state index in [1.807, 2.05) is 0 Å². The number of allylic oxidation sites excluding steroid dienone is 3. The van der Waals surface area contributed by atoms with Gasteiger partial charge in [0.25, 0.3) is 0 Å². The lowest BCUT2D eigenvalue weighted by Crippen LogP contribution is -2.12. The van der Waals surface area contributed by atoms with Crippen molar-refractivity contribution in [3.63, 3.8) is 0 Å². The van der Waals surface area contributed by atoms with Crippen LogP contribution in [0.5, 0.6) is 0 Å². The molecule has 0 spiro atoms. The van der Waals surface area contributed by atoms with Crippen molar-refractivity contribution in [1.29, 1.82) is 5.41 Å². The molecule has 0 amide bonds. The van der Waals surface area contributed by atoms with E-state index in [2.05, 4.69) is 10.5 Å². The van der Waals surface area contributed by atoms with Crippen LogP contribution in [0.15, 0.2) is 28.7 Å². The molecular formula is C9H14FN3O. The molecule has 4 nitrogen and oxygen atoms in total. The van der Waals surface area contributed by atoms with Crippen molar-refractivity contribution in [3.05, 3.63) is 23.6 Å². The molecule has 0 aliphatic carbocycles. The van der Waals surface area contributed by atoms with Gasteiger partial charge in [-0.25, -0.2) is 4.39 Å². The van der Waals surface area contributed by atoms with Gasteiger partial charge >= 0.3 is 0 Å². The Hall–Kier alpha value is -1.49. The van der Waals surface area contributed by atoms with Crippen molar-refractivity contribution < 1.29 is 9.50 Å². The van der Waals surface area contributed by atoms with Gasteiger partial charge in [-0.2, -0.15) is 5.10 Å².